The molecule has 4 aromatic rings. The predicted octanol–water partition coefficient (Wildman–Crippen LogP) is 3.98. The quantitative estimate of drug-likeness (QED) is 0.363. The molecule has 0 unspecified atom stereocenters. The molecule has 0 saturated carbocycles. The van der Waals surface area contributed by atoms with Gasteiger partial charge in [0, 0.05) is 16.8 Å². The molecule has 34 heavy (non-hydrogen) atoms. The van der Waals surface area contributed by atoms with Crippen molar-refractivity contribution in [3.63, 3.8) is 0 Å². The number of pyridine rings is 1. The van der Waals surface area contributed by atoms with Crippen molar-refractivity contribution in [3.05, 3.63) is 71.7 Å². The summed E-state index contributed by atoms with van der Waals surface area (Å²) in [6.07, 6.45) is 1.34. The molecule has 0 aliphatic heterocycles. The molecule has 0 atom stereocenters. The van der Waals surface area contributed by atoms with Crippen LogP contribution in [0.25, 0.3) is 10.9 Å². The number of aromatic nitrogens is 3. The van der Waals surface area contributed by atoms with Crippen molar-refractivity contribution in [2.45, 2.75) is 6.92 Å². The Morgan fingerprint density at radius 1 is 0.882 bits per heavy atom. The number of rotatable bonds is 6. The molecule has 172 valence electrons. The minimum Gasteiger partial charge on any atom is -0.465 e. The molecule has 10 nitrogen and oxygen atoms in total. The Kier molecular flexibility index (Phi) is 6.22. The van der Waals surface area contributed by atoms with E-state index in [1.165, 1.54) is 38.7 Å². The molecule has 4 rings (SSSR count). The van der Waals surface area contributed by atoms with E-state index in [9.17, 15) is 9.59 Å². The lowest BCUT2D eigenvalue weighted by Crippen LogP contribution is -2.09. The lowest BCUT2D eigenvalue weighted by Gasteiger charge is -2.14. The number of nitrogen functional groups attached to an aromatic ring is 1. The van der Waals surface area contributed by atoms with Gasteiger partial charge < -0.3 is 25.8 Å². The zero-order chi connectivity index (χ0) is 24.2. The Morgan fingerprint density at radius 3 is 2.18 bits per heavy atom. The Morgan fingerprint density at radius 2 is 1.53 bits per heavy atom. The number of nitrogens with one attached hydrogen (secondary N) is 2. The van der Waals surface area contributed by atoms with Gasteiger partial charge in [-0.25, -0.2) is 19.6 Å². The SMILES string of the molecule is COC(=O)c1cc(Nc2ncnc(Nc3cccc4ccc(C)nc34)c2N)cc(C(=O)OC)c1. The molecule has 0 spiro atoms. The zero-order valence-corrected chi connectivity index (χ0v) is 18.7. The Hall–Kier alpha value is -4.73. The molecule has 0 aliphatic carbocycles. The first-order chi connectivity index (χ1) is 16.4. The van der Waals surface area contributed by atoms with Gasteiger partial charge in [0.2, 0.25) is 0 Å². The second kappa shape index (κ2) is 9.41. The summed E-state index contributed by atoms with van der Waals surface area (Å²) in [5, 5.41) is 7.22. The number of nitrogens with two attached hydrogens (primary N) is 1. The van der Waals surface area contributed by atoms with Gasteiger partial charge in [0.15, 0.2) is 11.6 Å². The number of esters is 2. The maximum Gasteiger partial charge on any atom is 0.337 e. The molecule has 0 saturated heterocycles. The Bertz CT molecular complexity index is 1370. The summed E-state index contributed by atoms with van der Waals surface area (Å²) in [5.41, 5.74) is 9.69. The van der Waals surface area contributed by atoms with Crippen molar-refractivity contribution < 1.29 is 19.1 Å². The zero-order valence-electron chi connectivity index (χ0n) is 18.7. The van der Waals surface area contributed by atoms with Crippen LogP contribution in [0.4, 0.5) is 28.7 Å². The first kappa shape index (κ1) is 22.5. The van der Waals surface area contributed by atoms with Gasteiger partial charge in [-0.1, -0.05) is 18.2 Å². The maximum absolute atomic E-state index is 12.1. The number of hydrogen-bond acceptors (Lipinski definition) is 10. The van der Waals surface area contributed by atoms with Gasteiger partial charge in [0.25, 0.3) is 0 Å². The third-order valence-corrected chi connectivity index (χ3v) is 5.03. The molecule has 2 aromatic carbocycles. The summed E-state index contributed by atoms with van der Waals surface area (Å²) < 4.78 is 9.56. The predicted molar refractivity (Wildman–Crippen MR) is 129 cm³/mol. The lowest BCUT2D eigenvalue weighted by molar-refractivity contribution is 0.0599. The fraction of sp³-hybridized carbons (Fsp3) is 0.125. The second-order valence-corrected chi connectivity index (χ2v) is 7.35. The van der Waals surface area contributed by atoms with Gasteiger partial charge in [0.05, 0.1) is 36.6 Å². The number of hydrogen-bond donors (Lipinski definition) is 3. The third-order valence-electron chi connectivity index (χ3n) is 5.03. The van der Waals surface area contributed by atoms with E-state index in [2.05, 4.69) is 25.6 Å². The van der Waals surface area contributed by atoms with Crippen LogP contribution in [-0.4, -0.2) is 41.1 Å². The van der Waals surface area contributed by atoms with Crippen LogP contribution in [0.5, 0.6) is 0 Å². The lowest BCUT2D eigenvalue weighted by atomic mass is 10.1. The van der Waals surface area contributed by atoms with E-state index in [0.29, 0.717) is 11.5 Å². The van der Waals surface area contributed by atoms with Crippen LogP contribution in [0.3, 0.4) is 0 Å². The molecule has 2 heterocycles. The standard InChI is InChI=1S/C24H22N6O4/c1-13-7-8-14-5-4-6-18(20(14)28-13)30-22-19(25)21(26-12-27-22)29-17-10-15(23(31)33-2)9-16(11-17)24(32)34-3/h4-12H,25H2,1-3H3,(H2,26,27,29,30). The maximum atomic E-state index is 12.1. The van der Waals surface area contributed by atoms with Gasteiger partial charge in [-0.2, -0.15) is 0 Å². The summed E-state index contributed by atoms with van der Waals surface area (Å²) in [7, 11) is 2.51. The number of aryl methyl sites for hydroxylation is 1. The van der Waals surface area contributed by atoms with Crippen molar-refractivity contribution >= 4 is 51.5 Å². The smallest absolute Gasteiger partial charge is 0.337 e. The highest BCUT2D eigenvalue weighted by Crippen LogP contribution is 2.31. The molecule has 10 heteroatoms. The molecule has 0 amide bonds. The minimum atomic E-state index is -0.606. The van der Waals surface area contributed by atoms with Crippen molar-refractivity contribution in [2.24, 2.45) is 0 Å². The van der Waals surface area contributed by atoms with E-state index in [1.807, 2.05) is 37.3 Å². The summed E-state index contributed by atoms with van der Waals surface area (Å²) in [6.45, 7) is 1.92. The van der Waals surface area contributed by atoms with Crippen LogP contribution in [-0.2, 0) is 9.47 Å². The number of fused-ring (bicyclic) bond motifs is 1. The van der Waals surface area contributed by atoms with E-state index in [0.717, 1.165) is 22.3 Å². The second-order valence-electron chi connectivity index (χ2n) is 7.35. The van der Waals surface area contributed by atoms with Crippen LogP contribution >= 0.6 is 0 Å². The summed E-state index contributed by atoms with van der Waals surface area (Å²) in [4.78, 5) is 37.2. The highest BCUT2D eigenvalue weighted by Gasteiger charge is 2.16. The van der Waals surface area contributed by atoms with Gasteiger partial charge in [0.1, 0.15) is 12.0 Å². The Labute approximate surface area is 195 Å². The van der Waals surface area contributed by atoms with Gasteiger partial charge >= 0.3 is 11.9 Å². The van der Waals surface area contributed by atoms with E-state index in [4.69, 9.17) is 15.2 Å². The average Bonchev–Trinajstić information content (AvgIpc) is 2.85. The number of anilines is 5. The molecular weight excluding hydrogens is 436 g/mol. The molecule has 4 N–H and O–H groups in total. The minimum absolute atomic E-state index is 0.163. The first-order valence-electron chi connectivity index (χ1n) is 10.2. The monoisotopic (exact) mass is 458 g/mol. The van der Waals surface area contributed by atoms with Crippen LogP contribution in [0, 0.1) is 6.92 Å². The van der Waals surface area contributed by atoms with Gasteiger partial charge in [-0.15, -0.1) is 0 Å². The van der Waals surface area contributed by atoms with E-state index in [1.54, 1.807) is 0 Å². The number of carbonyl (C=O) groups is 2. The number of methoxy groups -OCH3 is 2. The van der Waals surface area contributed by atoms with E-state index in [-0.39, 0.29) is 22.6 Å². The van der Waals surface area contributed by atoms with Crippen molar-refractivity contribution in [1.29, 1.82) is 0 Å². The molecule has 2 aromatic heterocycles. The normalized spacial score (nSPS) is 10.6. The van der Waals surface area contributed by atoms with Crippen molar-refractivity contribution in [2.75, 3.05) is 30.6 Å². The van der Waals surface area contributed by atoms with E-state index >= 15 is 0 Å². The van der Waals surface area contributed by atoms with Crippen LogP contribution < -0.4 is 16.4 Å². The number of nitrogens with zero attached hydrogens (tertiary/aromatic N) is 3. The highest BCUT2D eigenvalue weighted by atomic mass is 16.5. The van der Waals surface area contributed by atoms with Crippen LogP contribution in [0.15, 0.2) is 54.9 Å². The number of ether oxygens (including phenoxy) is 2. The fourth-order valence-corrected chi connectivity index (χ4v) is 3.38. The largest absolute Gasteiger partial charge is 0.465 e. The molecule has 0 bridgehead atoms. The highest BCUT2D eigenvalue weighted by molar-refractivity contribution is 5.98. The summed E-state index contributed by atoms with van der Waals surface area (Å²) in [6, 6.07) is 14.1. The van der Waals surface area contributed by atoms with Gasteiger partial charge in [-0.3, -0.25) is 4.98 Å². The molecule has 0 aliphatic rings. The van der Waals surface area contributed by atoms with Crippen molar-refractivity contribution in [1.82, 2.24) is 15.0 Å². The number of benzene rings is 2. The van der Waals surface area contributed by atoms with Crippen LogP contribution in [0.2, 0.25) is 0 Å². The molecular formula is C24H22N6O4. The summed E-state index contributed by atoms with van der Waals surface area (Å²) >= 11 is 0. The van der Waals surface area contributed by atoms with Crippen molar-refractivity contribution in [3.8, 4) is 0 Å². The first-order valence-corrected chi connectivity index (χ1v) is 10.2. The third kappa shape index (κ3) is 4.56. The van der Waals surface area contributed by atoms with E-state index < -0.39 is 11.9 Å². The Balaban J connectivity index is 1.69. The summed E-state index contributed by atoms with van der Waals surface area (Å²) in [5.74, 6) is -0.568. The number of carbonyl (C=O) groups excluding carboxylic acids is 2. The number of para-hydroxylation sites is 1. The average molecular weight is 458 g/mol. The van der Waals surface area contributed by atoms with Gasteiger partial charge in [-0.05, 0) is 37.3 Å². The molecule has 0 radical (unpaired) electrons. The fourth-order valence-electron chi connectivity index (χ4n) is 3.38. The van der Waals surface area contributed by atoms with Crippen LogP contribution in [0.1, 0.15) is 26.4 Å². The molecule has 0 fully saturated rings. The topological polar surface area (TPSA) is 141 Å².